The Morgan fingerprint density at radius 3 is 2.84 bits per heavy atom. The maximum Gasteiger partial charge on any atom is 0.328 e. The summed E-state index contributed by atoms with van der Waals surface area (Å²) in [5.74, 6) is -0.803. The van der Waals surface area contributed by atoms with Crippen molar-refractivity contribution in [1.29, 1.82) is 0 Å². The zero-order chi connectivity index (χ0) is 14.0. The molecule has 2 rings (SSSR count). The van der Waals surface area contributed by atoms with Gasteiger partial charge in [-0.2, -0.15) is 4.98 Å². The van der Waals surface area contributed by atoms with E-state index >= 15 is 0 Å². The minimum atomic E-state index is -0.766. The van der Waals surface area contributed by atoms with E-state index in [1.165, 1.54) is 18.5 Å². The van der Waals surface area contributed by atoms with Crippen molar-refractivity contribution >= 4 is 17.7 Å². The molecule has 19 heavy (non-hydrogen) atoms. The molecule has 0 radical (unpaired) electrons. The molecule has 0 saturated carbocycles. The Bertz CT molecular complexity index is 636. The maximum absolute atomic E-state index is 11.9. The minimum absolute atomic E-state index is 0.0439. The number of amides is 1. The Labute approximate surface area is 108 Å². The molecule has 1 N–H and O–H groups in total. The molecule has 8 nitrogen and oxygen atoms in total. The van der Waals surface area contributed by atoms with Crippen LogP contribution in [0.3, 0.4) is 0 Å². The fraction of sp³-hybridized carbons (Fsp3) is 0.364. The van der Waals surface area contributed by atoms with Gasteiger partial charge in [-0.15, -0.1) is 5.10 Å². The average Bonchev–Trinajstić information content (AvgIpc) is 2.83. The fourth-order valence-electron chi connectivity index (χ4n) is 1.50. The van der Waals surface area contributed by atoms with Crippen molar-refractivity contribution < 1.29 is 14.3 Å². The van der Waals surface area contributed by atoms with E-state index in [1.807, 2.05) is 6.92 Å². The van der Waals surface area contributed by atoms with E-state index in [-0.39, 0.29) is 5.82 Å². The van der Waals surface area contributed by atoms with Crippen LogP contribution in [0, 0.1) is 6.92 Å². The van der Waals surface area contributed by atoms with Crippen molar-refractivity contribution in [3.63, 3.8) is 0 Å². The molecule has 2 aromatic heterocycles. The molecule has 0 aromatic carbocycles. The highest BCUT2D eigenvalue weighted by molar-refractivity contribution is 5.93. The third-order valence-corrected chi connectivity index (χ3v) is 2.54. The molecular formula is C11H13N5O3. The predicted octanol–water partition coefficient (Wildman–Crippen LogP) is -0.276. The number of hydrogen-bond acceptors (Lipinski definition) is 6. The second kappa shape index (κ2) is 5.01. The van der Waals surface area contributed by atoms with Crippen molar-refractivity contribution in [2.75, 3.05) is 7.11 Å². The van der Waals surface area contributed by atoms with Gasteiger partial charge >= 0.3 is 5.97 Å². The van der Waals surface area contributed by atoms with Crippen LogP contribution in [0.25, 0.3) is 5.78 Å². The molecule has 8 heteroatoms. The molecule has 1 unspecified atom stereocenters. The number of nitrogens with one attached hydrogen (secondary N) is 1. The van der Waals surface area contributed by atoms with Crippen LogP contribution < -0.4 is 5.32 Å². The third kappa shape index (κ3) is 2.51. The van der Waals surface area contributed by atoms with E-state index in [0.29, 0.717) is 5.78 Å². The molecule has 0 aliphatic heterocycles. The summed E-state index contributed by atoms with van der Waals surface area (Å²) < 4.78 is 5.97. The normalized spacial score (nSPS) is 12.2. The number of fused-ring (bicyclic) bond motifs is 1. The number of carbonyl (C=O) groups excluding carboxylic acids is 2. The standard InChI is InChI=1S/C11H13N5O3/c1-6-4-5-12-11-14-8(15-16(6)11)9(17)13-7(2)10(18)19-3/h4-5,7H,1-3H3,(H,13,17). The Morgan fingerprint density at radius 1 is 1.47 bits per heavy atom. The van der Waals surface area contributed by atoms with E-state index in [1.54, 1.807) is 12.3 Å². The molecule has 0 aliphatic rings. The van der Waals surface area contributed by atoms with Gasteiger partial charge in [-0.25, -0.2) is 14.3 Å². The number of hydrogen-bond donors (Lipinski definition) is 1. The summed E-state index contributed by atoms with van der Waals surface area (Å²) >= 11 is 0. The molecule has 0 saturated heterocycles. The zero-order valence-corrected chi connectivity index (χ0v) is 10.7. The Kier molecular flexibility index (Phi) is 3.41. The molecule has 2 aromatic rings. The molecular weight excluding hydrogens is 250 g/mol. The second-order valence-corrected chi connectivity index (χ2v) is 3.95. The molecule has 0 fully saturated rings. The number of esters is 1. The topological polar surface area (TPSA) is 98.5 Å². The third-order valence-electron chi connectivity index (χ3n) is 2.54. The minimum Gasteiger partial charge on any atom is -0.467 e. The van der Waals surface area contributed by atoms with E-state index in [4.69, 9.17) is 0 Å². The van der Waals surface area contributed by atoms with Gasteiger partial charge in [0.25, 0.3) is 11.7 Å². The highest BCUT2D eigenvalue weighted by Gasteiger charge is 2.20. The summed E-state index contributed by atoms with van der Waals surface area (Å²) in [6.07, 6.45) is 1.58. The van der Waals surface area contributed by atoms with Gasteiger partial charge in [0.1, 0.15) is 6.04 Å². The first kappa shape index (κ1) is 12.9. The van der Waals surface area contributed by atoms with E-state index in [0.717, 1.165) is 5.69 Å². The van der Waals surface area contributed by atoms with Crippen LogP contribution >= 0.6 is 0 Å². The van der Waals surface area contributed by atoms with Gasteiger partial charge in [0, 0.05) is 11.9 Å². The van der Waals surface area contributed by atoms with Gasteiger partial charge in [-0.1, -0.05) is 0 Å². The highest BCUT2D eigenvalue weighted by Crippen LogP contribution is 2.02. The predicted molar refractivity (Wildman–Crippen MR) is 64.5 cm³/mol. The van der Waals surface area contributed by atoms with Crippen LogP contribution in [0.2, 0.25) is 0 Å². The lowest BCUT2D eigenvalue weighted by Crippen LogP contribution is -2.39. The molecule has 0 aliphatic carbocycles. The molecule has 0 bridgehead atoms. The van der Waals surface area contributed by atoms with E-state index in [9.17, 15) is 9.59 Å². The largest absolute Gasteiger partial charge is 0.467 e. The lowest BCUT2D eigenvalue weighted by molar-refractivity contribution is -0.142. The molecule has 1 atom stereocenters. The number of aryl methyl sites for hydroxylation is 1. The Morgan fingerprint density at radius 2 is 2.21 bits per heavy atom. The number of nitrogens with zero attached hydrogens (tertiary/aromatic N) is 4. The van der Waals surface area contributed by atoms with Gasteiger partial charge in [-0.3, -0.25) is 4.79 Å². The first-order valence-corrected chi connectivity index (χ1v) is 5.60. The molecule has 1 amide bonds. The smallest absolute Gasteiger partial charge is 0.328 e. The molecule has 0 spiro atoms. The zero-order valence-electron chi connectivity index (χ0n) is 10.7. The van der Waals surface area contributed by atoms with Crippen molar-refractivity contribution in [1.82, 2.24) is 24.9 Å². The molecule has 2 heterocycles. The lowest BCUT2D eigenvalue weighted by Gasteiger charge is -2.09. The number of carbonyl (C=O) groups is 2. The van der Waals surface area contributed by atoms with Crippen LogP contribution in [0.4, 0.5) is 0 Å². The summed E-state index contributed by atoms with van der Waals surface area (Å²) in [6.45, 7) is 3.34. The lowest BCUT2D eigenvalue weighted by atomic mass is 10.3. The number of ether oxygens (including phenoxy) is 1. The van der Waals surface area contributed by atoms with Crippen molar-refractivity contribution in [3.05, 3.63) is 23.8 Å². The fourth-order valence-corrected chi connectivity index (χ4v) is 1.50. The second-order valence-electron chi connectivity index (χ2n) is 3.95. The first-order chi connectivity index (χ1) is 9.02. The van der Waals surface area contributed by atoms with Crippen LogP contribution in [-0.4, -0.2) is 44.6 Å². The monoisotopic (exact) mass is 263 g/mol. The summed E-state index contributed by atoms with van der Waals surface area (Å²) in [6, 6.07) is 0.985. The first-order valence-electron chi connectivity index (χ1n) is 5.60. The molecule has 100 valence electrons. The SMILES string of the molecule is COC(=O)C(C)NC(=O)c1nc2nccc(C)n2n1. The quantitative estimate of drug-likeness (QED) is 0.765. The van der Waals surface area contributed by atoms with Crippen LogP contribution in [0.5, 0.6) is 0 Å². The number of aromatic nitrogens is 4. The number of methoxy groups -OCH3 is 1. The summed E-state index contributed by atoms with van der Waals surface area (Å²) in [5, 5.41) is 6.48. The summed E-state index contributed by atoms with van der Waals surface area (Å²) in [5.41, 5.74) is 0.803. The van der Waals surface area contributed by atoms with Gasteiger partial charge in [0.2, 0.25) is 5.82 Å². The van der Waals surface area contributed by atoms with Crippen LogP contribution in [0.1, 0.15) is 23.2 Å². The Balaban J connectivity index is 2.22. The van der Waals surface area contributed by atoms with Crippen LogP contribution in [-0.2, 0) is 9.53 Å². The highest BCUT2D eigenvalue weighted by atomic mass is 16.5. The Hall–Kier alpha value is -2.51. The van der Waals surface area contributed by atoms with Gasteiger partial charge in [-0.05, 0) is 19.9 Å². The summed E-state index contributed by atoms with van der Waals surface area (Å²) in [4.78, 5) is 31.1. The summed E-state index contributed by atoms with van der Waals surface area (Å²) in [7, 11) is 1.25. The number of rotatable bonds is 3. The van der Waals surface area contributed by atoms with Gasteiger partial charge in [0.05, 0.1) is 7.11 Å². The van der Waals surface area contributed by atoms with Crippen molar-refractivity contribution in [2.45, 2.75) is 19.9 Å². The van der Waals surface area contributed by atoms with E-state index < -0.39 is 17.9 Å². The van der Waals surface area contributed by atoms with Crippen LogP contribution in [0.15, 0.2) is 12.3 Å². The van der Waals surface area contributed by atoms with Crippen molar-refractivity contribution in [3.8, 4) is 0 Å². The van der Waals surface area contributed by atoms with Gasteiger partial charge < -0.3 is 10.1 Å². The van der Waals surface area contributed by atoms with E-state index in [2.05, 4.69) is 25.1 Å². The average molecular weight is 263 g/mol. The maximum atomic E-state index is 11.9. The van der Waals surface area contributed by atoms with Gasteiger partial charge in [0.15, 0.2) is 0 Å². The van der Waals surface area contributed by atoms with Crippen molar-refractivity contribution in [2.24, 2.45) is 0 Å².